The topological polar surface area (TPSA) is 49.3 Å². The molecule has 0 aliphatic heterocycles. The Morgan fingerprint density at radius 3 is 2.70 bits per heavy atom. The SMILES string of the molecule is CCc1cc2cc(C(=O)NCCC(O)c3ccccc3)sc2s1. The standard InChI is InChI=1S/C18H19NO2S2/c1-2-14-10-13-11-16(23-18(13)22-14)17(21)19-9-8-15(20)12-6-4-3-5-7-12/h3-7,10-11,15,20H,2,8-9H2,1H3,(H,19,21). The van der Waals surface area contributed by atoms with E-state index in [9.17, 15) is 9.90 Å². The Morgan fingerprint density at radius 2 is 2.00 bits per heavy atom. The summed E-state index contributed by atoms with van der Waals surface area (Å²) in [5, 5.41) is 14.1. The summed E-state index contributed by atoms with van der Waals surface area (Å²) >= 11 is 3.30. The molecule has 3 aromatic rings. The average molecular weight is 345 g/mol. The quantitative estimate of drug-likeness (QED) is 0.696. The van der Waals surface area contributed by atoms with Crippen LogP contribution in [-0.4, -0.2) is 17.6 Å². The molecule has 0 aliphatic rings. The smallest absolute Gasteiger partial charge is 0.261 e. The van der Waals surface area contributed by atoms with Crippen LogP contribution in [-0.2, 0) is 6.42 Å². The fourth-order valence-electron chi connectivity index (χ4n) is 2.43. The normalized spacial score (nSPS) is 12.4. The van der Waals surface area contributed by atoms with Crippen LogP contribution in [0.15, 0.2) is 42.5 Å². The van der Waals surface area contributed by atoms with Gasteiger partial charge in [0, 0.05) is 16.8 Å². The number of carbonyl (C=O) groups excluding carboxylic acids is 1. The van der Waals surface area contributed by atoms with E-state index >= 15 is 0 Å². The fourth-order valence-corrected chi connectivity index (χ4v) is 4.78. The minimum absolute atomic E-state index is 0.0586. The van der Waals surface area contributed by atoms with Crippen molar-refractivity contribution >= 4 is 38.0 Å². The molecule has 0 saturated carbocycles. The van der Waals surface area contributed by atoms with E-state index < -0.39 is 6.10 Å². The second-order valence-corrected chi connectivity index (χ2v) is 7.84. The molecule has 0 spiro atoms. The molecule has 1 aromatic carbocycles. The zero-order chi connectivity index (χ0) is 16.2. The summed E-state index contributed by atoms with van der Waals surface area (Å²) in [6.07, 6.45) is 0.996. The van der Waals surface area contributed by atoms with Crippen molar-refractivity contribution in [2.75, 3.05) is 6.54 Å². The van der Waals surface area contributed by atoms with Gasteiger partial charge >= 0.3 is 0 Å². The lowest BCUT2D eigenvalue weighted by molar-refractivity contribution is 0.0946. The van der Waals surface area contributed by atoms with Gasteiger partial charge in [-0.3, -0.25) is 4.79 Å². The van der Waals surface area contributed by atoms with Gasteiger partial charge in [0.25, 0.3) is 5.91 Å². The summed E-state index contributed by atoms with van der Waals surface area (Å²) in [6, 6.07) is 13.6. The Morgan fingerprint density at radius 1 is 1.22 bits per heavy atom. The van der Waals surface area contributed by atoms with Crippen LogP contribution < -0.4 is 5.32 Å². The van der Waals surface area contributed by atoms with Gasteiger partial charge in [0.05, 0.1) is 15.0 Å². The largest absolute Gasteiger partial charge is 0.388 e. The molecule has 0 saturated heterocycles. The van der Waals surface area contributed by atoms with Crippen LogP contribution in [0.2, 0.25) is 0 Å². The summed E-state index contributed by atoms with van der Waals surface area (Å²) in [7, 11) is 0. The van der Waals surface area contributed by atoms with E-state index in [0.717, 1.165) is 22.2 Å². The zero-order valence-electron chi connectivity index (χ0n) is 12.9. The van der Waals surface area contributed by atoms with Crippen molar-refractivity contribution in [3.05, 3.63) is 57.8 Å². The first kappa shape index (κ1) is 16.2. The van der Waals surface area contributed by atoms with Crippen LogP contribution >= 0.6 is 22.7 Å². The Labute approximate surface area is 143 Å². The number of thiophene rings is 2. The number of hydrogen-bond acceptors (Lipinski definition) is 4. The van der Waals surface area contributed by atoms with Gasteiger partial charge < -0.3 is 10.4 Å². The molecule has 1 amide bonds. The van der Waals surface area contributed by atoms with Crippen molar-refractivity contribution in [2.24, 2.45) is 0 Å². The molecular formula is C18H19NO2S2. The highest BCUT2D eigenvalue weighted by molar-refractivity contribution is 7.39. The molecule has 5 heteroatoms. The van der Waals surface area contributed by atoms with Gasteiger partial charge in [-0.05, 0) is 30.5 Å². The Bertz CT molecular complexity index is 760. The number of rotatable bonds is 6. The Hall–Kier alpha value is -1.69. The fraction of sp³-hybridized carbons (Fsp3) is 0.278. The van der Waals surface area contributed by atoms with E-state index in [1.165, 1.54) is 8.89 Å². The van der Waals surface area contributed by atoms with Gasteiger partial charge in [0.15, 0.2) is 0 Å². The third-order valence-corrected chi connectivity index (χ3v) is 6.26. The van der Waals surface area contributed by atoms with Gasteiger partial charge in [-0.15, -0.1) is 22.7 Å². The monoisotopic (exact) mass is 345 g/mol. The number of aryl methyl sites for hydroxylation is 1. The van der Waals surface area contributed by atoms with E-state index in [2.05, 4.69) is 18.3 Å². The first-order valence-electron chi connectivity index (χ1n) is 7.71. The molecule has 0 bridgehead atoms. The number of aliphatic hydroxyl groups is 1. The van der Waals surface area contributed by atoms with Crippen molar-refractivity contribution < 1.29 is 9.90 Å². The molecule has 2 N–H and O–H groups in total. The molecule has 0 fully saturated rings. The molecule has 0 radical (unpaired) electrons. The first-order valence-corrected chi connectivity index (χ1v) is 9.34. The maximum absolute atomic E-state index is 12.2. The highest BCUT2D eigenvalue weighted by Crippen LogP contribution is 2.33. The van der Waals surface area contributed by atoms with Gasteiger partial charge in [0.1, 0.15) is 0 Å². The molecule has 1 atom stereocenters. The van der Waals surface area contributed by atoms with Crippen LogP contribution in [0.1, 0.15) is 39.6 Å². The third kappa shape index (κ3) is 3.80. The van der Waals surface area contributed by atoms with Gasteiger partial charge in [0.2, 0.25) is 0 Å². The van der Waals surface area contributed by atoms with E-state index in [1.807, 2.05) is 36.4 Å². The number of hydrogen-bond donors (Lipinski definition) is 2. The first-order chi connectivity index (χ1) is 11.2. The Balaban J connectivity index is 1.55. The number of carbonyl (C=O) groups is 1. The van der Waals surface area contributed by atoms with Crippen molar-refractivity contribution in [3.8, 4) is 0 Å². The molecule has 0 aliphatic carbocycles. The van der Waals surface area contributed by atoms with E-state index in [1.54, 1.807) is 22.7 Å². The third-order valence-electron chi connectivity index (χ3n) is 3.73. The maximum Gasteiger partial charge on any atom is 0.261 e. The van der Waals surface area contributed by atoms with Crippen LogP contribution in [0, 0.1) is 0 Å². The lowest BCUT2D eigenvalue weighted by atomic mass is 10.1. The average Bonchev–Trinajstić information content (AvgIpc) is 3.13. The van der Waals surface area contributed by atoms with Gasteiger partial charge in [-0.2, -0.15) is 0 Å². The number of nitrogens with one attached hydrogen (secondary N) is 1. The summed E-state index contributed by atoms with van der Waals surface area (Å²) in [4.78, 5) is 14.3. The highest BCUT2D eigenvalue weighted by Gasteiger charge is 2.13. The summed E-state index contributed by atoms with van der Waals surface area (Å²) in [6.45, 7) is 2.60. The van der Waals surface area contributed by atoms with Crippen molar-refractivity contribution in [3.63, 3.8) is 0 Å². The van der Waals surface area contributed by atoms with Crippen molar-refractivity contribution in [1.82, 2.24) is 5.32 Å². The van der Waals surface area contributed by atoms with E-state index in [-0.39, 0.29) is 5.91 Å². The second kappa shape index (κ2) is 7.25. The molecular weight excluding hydrogens is 326 g/mol. The molecule has 2 heterocycles. The summed E-state index contributed by atoms with van der Waals surface area (Å²) in [5.74, 6) is -0.0586. The minimum atomic E-state index is -0.546. The number of amides is 1. The maximum atomic E-state index is 12.2. The molecule has 1 unspecified atom stereocenters. The predicted octanol–water partition coefficient (Wildman–Crippen LogP) is 4.38. The molecule has 120 valence electrons. The van der Waals surface area contributed by atoms with Crippen molar-refractivity contribution in [2.45, 2.75) is 25.9 Å². The number of aliphatic hydroxyl groups excluding tert-OH is 1. The molecule has 23 heavy (non-hydrogen) atoms. The highest BCUT2D eigenvalue weighted by atomic mass is 32.2. The van der Waals surface area contributed by atoms with Crippen LogP contribution in [0.3, 0.4) is 0 Å². The Kier molecular flexibility index (Phi) is 5.10. The molecule has 3 rings (SSSR count). The summed E-state index contributed by atoms with van der Waals surface area (Å²) in [5.41, 5.74) is 0.880. The van der Waals surface area contributed by atoms with Crippen molar-refractivity contribution in [1.29, 1.82) is 0 Å². The zero-order valence-corrected chi connectivity index (χ0v) is 14.5. The van der Waals surface area contributed by atoms with Crippen LogP contribution in [0.5, 0.6) is 0 Å². The van der Waals surface area contributed by atoms with Crippen LogP contribution in [0.4, 0.5) is 0 Å². The lowest BCUT2D eigenvalue weighted by Gasteiger charge is -2.11. The summed E-state index contributed by atoms with van der Waals surface area (Å²) < 4.78 is 1.20. The van der Waals surface area contributed by atoms with E-state index in [4.69, 9.17) is 0 Å². The number of fused-ring (bicyclic) bond motifs is 1. The molecule has 3 nitrogen and oxygen atoms in total. The lowest BCUT2D eigenvalue weighted by Crippen LogP contribution is -2.24. The number of benzene rings is 1. The second-order valence-electron chi connectivity index (χ2n) is 5.39. The van der Waals surface area contributed by atoms with Gasteiger partial charge in [-0.1, -0.05) is 37.3 Å². The van der Waals surface area contributed by atoms with Crippen LogP contribution in [0.25, 0.3) is 9.40 Å². The van der Waals surface area contributed by atoms with Gasteiger partial charge in [-0.25, -0.2) is 0 Å². The van der Waals surface area contributed by atoms with E-state index in [0.29, 0.717) is 13.0 Å². The predicted molar refractivity (Wildman–Crippen MR) is 97.4 cm³/mol. The minimum Gasteiger partial charge on any atom is -0.388 e. The molecule has 2 aromatic heterocycles.